The molecule has 0 saturated heterocycles. The maximum Gasteiger partial charge on any atom is 0.208 e. The standard InChI is InChI=1S/C11H20N4OS/c1-15(7-5-10-4-3-9-17-10)11(14-12)13-6-8-16-2/h3-4,9H,5-8,12H2,1-2H3,(H,13,14). The molecule has 0 unspecified atom stereocenters. The predicted octanol–water partition coefficient (Wildman–Crippen LogP) is 0.688. The number of rotatable bonds is 6. The molecule has 0 radical (unpaired) electrons. The van der Waals surface area contributed by atoms with E-state index in [0.717, 1.165) is 13.0 Å². The molecule has 0 aliphatic rings. The molecule has 0 aromatic carbocycles. The fourth-order valence-electron chi connectivity index (χ4n) is 1.36. The van der Waals surface area contributed by atoms with Crippen LogP contribution in [0.4, 0.5) is 0 Å². The van der Waals surface area contributed by atoms with Crippen LogP contribution in [-0.2, 0) is 11.2 Å². The van der Waals surface area contributed by atoms with Gasteiger partial charge in [0.05, 0.1) is 13.2 Å². The van der Waals surface area contributed by atoms with Crippen LogP contribution in [0, 0.1) is 0 Å². The summed E-state index contributed by atoms with van der Waals surface area (Å²) in [4.78, 5) is 7.69. The van der Waals surface area contributed by atoms with Crippen LogP contribution in [0.5, 0.6) is 0 Å². The normalized spacial score (nSPS) is 11.6. The zero-order chi connectivity index (χ0) is 12.5. The van der Waals surface area contributed by atoms with Crippen molar-refractivity contribution in [2.45, 2.75) is 6.42 Å². The third-order valence-electron chi connectivity index (χ3n) is 2.32. The molecule has 6 heteroatoms. The van der Waals surface area contributed by atoms with Gasteiger partial charge in [-0.25, -0.2) is 10.8 Å². The Morgan fingerprint density at radius 3 is 3.06 bits per heavy atom. The Kier molecular flexibility index (Phi) is 6.61. The van der Waals surface area contributed by atoms with Gasteiger partial charge in [-0.1, -0.05) is 6.07 Å². The van der Waals surface area contributed by atoms with Gasteiger partial charge >= 0.3 is 0 Å². The van der Waals surface area contributed by atoms with Gasteiger partial charge in [-0.05, 0) is 17.9 Å². The van der Waals surface area contributed by atoms with Gasteiger partial charge in [0.25, 0.3) is 0 Å². The average Bonchev–Trinajstić information content (AvgIpc) is 2.85. The lowest BCUT2D eigenvalue weighted by molar-refractivity contribution is 0.207. The number of hydrogen-bond acceptors (Lipinski definition) is 4. The summed E-state index contributed by atoms with van der Waals surface area (Å²) in [6, 6.07) is 4.20. The highest BCUT2D eigenvalue weighted by molar-refractivity contribution is 7.09. The second-order valence-corrected chi connectivity index (χ2v) is 4.63. The zero-order valence-electron chi connectivity index (χ0n) is 10.3. The molecule has 3 N–H and O–H groups in total. The first-order valence-corrected chi connectivity index (χ1v) is 6.39. The summed E-state index contributed by atoms with van der Waals surface area (Å²) >= 11 is 1.77. The number of hydrogen-bond donors (Lipinski definition) is 2. The molecular formula is C11H20N4OS. The van der Waals surface area contributed by atoms with Crippen LogP contribution in [0.3, 0.4) is 0 Å². The molecular weight excluding hydrogens is 236 g/mol. The summed E-state index contributed by atoms with van der Waals surface area (Å²) < 4.78 is 4.94. The van der Waals surface area contributed by atoms with E-state index in [2.05, 4.69) is 27.9 Å². The van der Waals surface area contributed by atoms with E-state index in [0.29, 0.717) is 19.1 Å². The Morgan fingerprint density at radius 2 is 2.47 bits per heavy atom. The molecule has 0 atom stereocenters. The van der Waals surface area contributed by atoms with Gasteiger partial charge in [-0.2, -0.15) is 0 Å². The molecule has 1 aromatic rings. The maximum atomic E-state index is 5.44. The van der Waals surface area contributed by atoms with Crippen LogP contribution in [0.25, 0.3) is 0 Å². The smallest absolute Gasteiger partial charge is 0.208 e. The Hall–Kier alpha value is -1.11. The summed E-state index contributed by atoms with van der Waals surface area (Å²) in [5.74, 6) is 6.14. The molecule has 1 aromatic heterocycles. The summed E-state index contributed by atoms with van der Waals surface area (Å²) in [6.07, 6.45) is 0.999. The number of aliphatic imine (C=N–C) groups is 1. The number of nitrogens with zero attached hydrogens (tertiary/aromatic N) is 2. The van der Waals surface area contributed by atoms with Crippen molar-refractivity contribution < 1.29 is 4.74 Å². The zero-order valence-corrected chi connectivity index (χ0v) is 11.2. The van der Waals surface area contributed by atoms with Crippen LogP contribution in [0.1, 0.15) is 4.88 Å². The van der Waals surface area contributed by atoms with Crippen molar-refractivity contribution in [3.63, 3.8) is 0 Å². The second-order valence-electron chi connectivity index (χ2n) is 3.59. The Labute approximate surface area is 106 Å². The molecule has 0 fully saturated rings. The first kappa shape index (κ1) is 14.0. The molecule has 0 aliphatic heterocycles. The van der Waals surface area contributed by atoms with Crippen LogP contribution in [-0.4, -0.2) is 44.7 Å². The fourth-order valence-corrected chi connectivity index (χ4v) is 2.06. The molecule has 1 rings (SSSR count). The highest BCUT2D eigenvalue weighted by Gasteiger charge is 2.04. The van der Waals surface area contributed by atoms with E-state index in [4.69, 9.17) is 10.6 Å². The molecule has 5 nitrogen and oxygen atoms in total. The second kappa shape index (κ2) is 8.05. The van der Waals surface area contributed by atoms with Crippen molar-refractivity contribution in [1.29, 1.82) is 0 Å². The molecule has 1 heterocycles. The van der Waals surface area contributed by atoms with Crippen molar-refractivity contribution >= 4 is 17.3 Å². The topological polar surface area (TPSA) is 62.9 Å². The van der Waals surface area contributed by atoms with E-state index in [-0.39, 0.29) is 0 Å². The fraction of sp³-hybridized carbons (Fsp3) is 0.545. The summed E-state index contributed by atoms with van der Waals surface area (Å²) in [5, 5.41) is 2.09. The number of hydrazine groups is 1. The number of thiophene rings is 1. The molecule has 0 saturated carbocycles. The summed E-state index contributed by atoms with van der Waals surface area (Å²) in [6.45, 7) is 2.10. The van der Waals surface area contributed by atoms with Gasteiger partial charge < -0.3 is 9.64 Å². The minimum Gasteiger partial charge on any atom is -0.383 e. The van der Waals surface area contributed by atoms with Crippen LogP contribution < -0.4 is 11.3 Å². The van der Waals surface area contributed by atoms with Crippen molar-refractivity contribution in [2.24, 2.45) is 10.8 Å². The molecule has 96 valence electrons. The van der Waals surface area contributed by atoms with E-state index >= 15 is 0 Å². The van der Waals surface area contributed by atoms with Crippen molar-refractivity contribution in [3.8, 4) is 0 Å². The van der Waals surface area contributed by atoms with Crippen LogP contribution >= 0.6 is 11.3 Å². The Bertz CT molecular complexity index is 326. The molecule has 0 spiro atoms. The van der Waals surface area contributed by atoms with Crippen molar-refractivity contribution in [1.82, 2.24) is 10.3 Å². The lowest BCUT2D eigenvalue weighted by Crippen LogP contribution is -2.43. The number of nitrogens with one attached hydrogen (secondary N) is 1. The largest absolute Gasteiger partial charge is 0.383 e. The lowest BCUT2D eigenvalue weighted by Gasteiger charge is -2.20. The van der Waals surface area contributed by atoms with Crippen LogP contribution in [0.2, 0.25) is 0 Å². The van der Waals surface area contributed by atoms with Gasteiger partial charge in [0.2, 0.25) is 5.96 Å². The molecule has 0 bridgehead atoms. The van der Waals surface area contributed by atoms with Gasteiger partial charge in [0.15, 0.2) is 0 Å². The van der Waals surface area contributed by atoms with Crippen molar-refractivity contribution in [3.05, 3.63) is 22.4 Å². The van der Waals surface area contributed by atoms with Gasteiger partial charge in [0, 0.05) is 25.6 Å². The van der Waals surface area contributed by atoms with E-state index in [1.54, 1.807) is 18.4 Å². The lowest BCUT2D eigenvalue weighted by atomic mass is 10.3. The Morgan fingerprint density at radius 1 is 1.65 bits per heavy atom. The van der Waals surface area contributed by atoms with Crippen LogP contribution in [0.15, 0.2) is 22.5 Å². The predicted molar refractivity (Wildman–Crippen MR) is 72.2 cm³/mol. The van der Waals surface area contributed by atoms with E-state index in [9.17, 15) is 0 Å². The SMILES string of the molecule is COCCN=C(NN)N(C)CCc1cccs1. The average molecular weight is 256 g/mol. The van der Waals surface area contributed by atoms with Gasteiger partial charge in [-0.15, -0.1) is 11.3 Å². The highest BCUT2D eigenvalue weighted by atomic mass is 32.1. The van der Waals surface area contributed by atoms with E-state index in [1.807, 2.05) is 11.9 Å². The van der Waals surface area contributed by atoms with E-state index in [1.165, 1.54) is 4.88 Å². The Balaban J connectivity index is 2.37. The number of nitrogens with two attached hydrogens (primary N) is 1. The highest BCUT2D eigenvalue weighted by Crippen LogP contribution is 2.09. The summed E-state index contributed by atoms with van der Waals surface area (Å²) in [5.41, 5.74) is 2.61. The first-order chi connectivity index (χ1) is 8.27. The van der Waals surface area contributed by atoms with Gasteiger partial charge in [-0.3, -0.25) is 5.43 Å². The van der Waals surface area contributed by atoms with E-state index < -0.39 is 0 Å². The monoisotopic (exact) mass is 256 g/mol. The quantitative estimate of drug-likeness (QED) is 0.258. The molecule has 0 amide bonds. The maximum absolute atomic E-state index is 5.44. The summed E-state index contributed by atoms with van der Waals surface area (Å²) in [7, 11) is 3.63. The van der Waals surface area contributed by atoms with Crippen molar-refractivity contribution in [2.75, 3.05) is 33.9 Å². The van der Waals surface area contributed by atoms with Gasteiger partial charge in [0.1, 0.15) is 0 Å². The number of guanidine groups is 1. The molecule has 0 aliphatic carbocycles. The number of ether oxygens (including phenoxy) is 1. The number of likely N-dealkylation sites (N-methyl/N-ethyl adjacent to an activating group) is 1. The first-order valence-electron chi connectivity index (χ1n) is 5.51. The minimum atomic E-state index is 0.601. The number of methoxy groups -OCH3 is 1. The minimum absolute atomic E-state index is 0.601. The third kappa shape index (κ3) is 5.16. The third-order valence-corrected chi connectivity index (χ3v) is 3.26. The molecule has 17 heavy (non-hydrogen) atoms.